The van der Waals surface area contributed by atoms with Gasteiger partial charge in [-0.15, -0.1) is 0 Å². The molecule has 0 aliphatic rings. The Bertz CT molecular complexity index is 339. The molecular formula is C11H23NO3S. The Morgan fingerprint density at radius 1 is 1.25 bits per heavy atom. The van der Waals surface area contributed by atoms with Gasteiger partial charge in [0.15, 0.2) is 15.6 Å². The lowest BCUT2D eigenvalue weighted by Gasteiger charge is -2.20. The first-order chi connectivity index (χ1) is 6.99. The molecular weight excluding hydrogens is 226 g/mol. The molecule has 96 valence electrons. The third-order valence-electron chi connectivity index (χ3n) is 2.64. The monoisotopic (exact) mass is 249 g/mol. The fourth-order valence-electron chi connectivity index (χ4n) is 1.08. The van der Waals surface area contributed by atoms with Crippen molar-refractivity contribution in [3.05, 3.63) is 0 Å². The largest absolute Gasteiger partial charge is 0.321 e. The van der Waals surface area contributed by atoms with Gasteiger partial charge >= 0.3 is 0 Å². The summed E-state index contributed by atoms with van der Waals surface area (Å²) in [6, 6.07) is -0.560. The van der Waals surface area contributed by atoms with Crippen molar-refractivity contribution in [2.45, 2.75) is 51.8 Å². The van der Waals surface area contributed by atoms with E-state index in [-0.39, 0.29) is 23.9 Å². The quantitative estimate of drug-likeness (QED) is 0.792. The number of sulfone groups is 1. The van der Waals surface area contributed by atoms with Crippen molar-refractivity contribution < 1.29 is 13.2 Å². The van der Waals surface area contributed by atoms with E-state index in [1.165, 1.54) is 0 Å². The van der Waals surface area contributed by atoms with Crippen LogP contribution >= 0.6 is 0 Å². The van der Waals surface area contributed by atoms with Crippen molar-refractivity contribution in [2.75, 3.05) is 5.75 Å². The average molecular weight is 249 g/mol. The van der Waals surface area contributed by atoms with Crippen molar-refractivity contribution in [1.29, 1.82) is 0 Å². The lowest BCUT2D eigenvalue weighted by Crippen LogP contribution is -2.38. The predicted octanol–water partition coefficient (Wildman–Crippen LogP) is 1.14. The van der Waals surface area contributed by atoms with E-state index >= 15 is 0 Å². The summed E-state index contributed by atoms with van der Waals surface area (Å²) < 4.78 is 22.7. The Kier molecular flexibility index (Phi) is 5.14. The number of ketones is 1. The minimum Gasteiger partial charge on any atom is -0.321 e. The van der Waals surface area contributed by atoms with Crippen LogP contribution in [0, 0.1) is 5.92 Å². The Morgan fingerprint density at radius 2 is 1.69 bits per heavy atom. The minimum atomic E-state index is -3.23. The number of Topliss-reactive ketones (excluding diaryl/α,β-unsaturated/α-hetero) is 1. The maximum Gasteiger partial charge on any atom is 0.155 e. The normalized spacial score (nSPS) is 15.2. The second-order valence-electron chi connectivity index (χ2n) is 5.42. The summed E-state index contributed by atoms with van der Waals surface area (Å²) in [5, 5.41) is 0. The summed E-state index contributed by atoms with van der Waals surface area (Å²) in [6.07, 6.45) is 0.0128. The summed E-state index contributed by atoms with van der Waals surface area (Å²) >= 11 is 0. The number of rotatable bonds is 5. The molecule has 0 aliphatic carbocycles. The summed E-state index contributed by atoms with van der Waals surface area (Å²) in [5.41, 5.74) is 5.65. The van der Waals surface area contributed by atoms with Crippen LogP contribution in [0.2, 0.25) is 0 Å². The molecule has 1 unspecified atom stereocenters. The van der Waals surface area contributed by atoms with Gasteiger partial charge in [-0.25, -0.2) is 8.42 Å². The average Bonchev–Trinajstić information content (AvgIpc) is 2.11. The molecule has 0 saturated carbocycles. The molecule has 0 aromatic rings. The van der Waals surface area contributed by atoms with Crippen LogP contribution in [0.4, 0.5) is 0 Å². The molecule has 0 aliphatic heterocycles. The maximum atomic E-state index is 11.8. The molecule has 1 atom stereocenters. The highest BCUT2D eigenvalue weighted by atomic mass is 32.2. The van der Waals surface area contributed by atoms with Crippen LogP contribution in [0.3, 0.4) is 0 Å². The molecule has 0 radical (unpaired) electrons. The first-order valence-corrected chi connectivity index (χ1v) is 7.15. The van der Waals surface area contributed by atoms with Gasteiger partial charge in [-0.2, -0.15) is 0 Å². The molecule has 16 heavy (non-hydrogen) atoms. The van der Waals surface area contributed by atoms with Crippen LogP contribution in [-0.4, -0.2) is 30.7 Å². The molecule has 5 heteroatoms. The zero-order valence-electron chi connectivity index (χ0n) is 10.8. The van der Waals surface area contributed by atoms with Crippen molar-refractivity contribution in [2.24, 2.45) is 11.7 Å². The van der Waals surface area contributed by atoms with Crippen LogP contribution in [0.1, 0.15) is 41.0 Å². The molecule has 0 amide bonds. The number of hydrogen-bond donors (Lipinski definition) is 1. The highest BCUT2D eigenvalue weighted by Crippen LogP contribution is 2.17. The van der Waals surface area contributed by atoms with Crippen molar-refractivity contribution in [1.82, 2.24) is 0 Å². The van der Waals surface area contributed by atoms with E-state index in [0.29, 0.717) is 0 Å². The number of hydrogen-bond acceptors (Lipinski definition) is 4. The van der Waals surface area contributed by atoms with Gasteiger partial charge < -0.3 is 5.73 Å². The number of carbonyl (C=O) groups excluding carboxylic acids is 1. The minimum absolute atomic E-state index is 0.0128. The lowest BCUT2D eigenvalue weighted by atomic mass is 10.00. The molecule has 0 heterocycles. The third-order valence-corrected chi connectivity index (χ3v) is 5.25. The lowest BCUT2D eigenvalue weighted by molar-refractivity contribution is -0.120. The third kappa shape index (κ3) is 4.22. The summed E-state index contributed by atoms with van der Waals surface area (Å²) in [6.45, 7) is 8.60. The summed E-state index contributed by atoms with van der Waals surface area (Å²) in [7, 11) is -3.23. The van der Waals surface area contributed by atoms with Gasteiger partial charge in [-0.1, -0.05) is 13.8 Å². The van der Waals surface area contributed by atoms with Crippen LogP contribution in [-0.2, 0) is 14.6 Å². The fourth-order valence-corrected chi connectivity index (χ4v) is 2.16. The molecule has 0 rings (SSSR count). The Morgan fingerprint density at radius 3 is 2.00 bits per heavy atom. The van der Waals surface area contributed by atoms with Gasteiger partial charge in [0.2, 0.25) is 0 Å². The first-order valence-electron chi connectivity index (χ1n) is 5.49. The Labute approximate surface area is 98.5 Å². The first kappa shape index (κ1) is 15.6. The highest BCUT2D eigenvalue weighted by molar-refractivity contribution is 7.92. The fraction of sp³-hybridized carbons (Fsp3) is 0.909. The van der Waals surface area contributed by atoms with E-state index in [1.54, 1.807) is 20.8 Å². The van der Waals surface area contributed by atoms with E-state index < -0.39 is 20.6 Å². The van der Waals surface area contributed by atoms with Gasteiger partial charge in [0, 0.05) is 6.42 Å². The van der Waals surface area contributed by atoms with Gasteiger partial charge in [-0.05, 0) is 26.7 Å². The Balaban J connectivity index is 4.44. The summed E-state index contributed by atoms with van der Waals surface area (Å²) in [4.78, 5) is 11.6. The van der Waals surface area contributed by atoms with E-state index in [9.17, 15) is 13.2 Å². The molecule has 2 N–H and O–H groups in total. The second-order valence-corrected chi connectivity index (χ2v) is 8.28. The molecule has 0 saturated heterocycles. The topological polar surface area (TPSA) is 77.2 Å². The van der Waals surface area contributed by atoms with Crippen molar-refractivity contribution >= 4 is 15.6 Å². The van der Waals surface area contributed by atoms with Gasteiger partial charge in [0.1, 0.15) is 0 Å². The van der Waals surface area contributed by atoms with Crippen LogP contribution in [0.5, 0.6) is 0 Å². The van der Waals surface area contributed by atoms with Crippen LogP contribution < -0.4 is 5.73 Å². The number of carbonyl (C=O) groups is 1. The predicted molar refractivity (Wildman–Crippen MR) is 66.0 cm³/mol. The number of nitrogens with two attached hydrogens (primary N) is 1. The van der Waals surface area contributed by atoms with Gasteiger partial charge in [-0.3, -0.25) is 4.79 Å². The molecule has 0 aromatic carbocycles. The molecule has 0 aromatic heterocycles. The zero-order chi connectivity index (χ0) is 13.1. The van der Waals surface area contributed by atoms with Crippen LogP contribution in [0.15, 0.2) is 0 Å². The van der Waals surface area contributed by atoms with Crippen molar-refractivity contribution in [3.63, 3.8) is 0 Å². The van der Waals surface area contributed by atoms with Crippen molar-refractivity contribution in [3.8, 4) is 0 Å². The van der Waals surface area contributed by atoms with Gasteiger partial charge in [0.25, 0.3) is 0 Å². The maximum absolute atomic E-state index is 11.8. The van der Waals surface area contributed by atoms with E-state index in [0.717, 1.165) is 0 Å². The zero-order valence-corrected chi connectivity index (χ0v) is 11.6. The summed E-state index contributed by atoms with van der Waals surface area (Å²) in [5.74, 6) is -0.247. The molecule has 0 spiro atoms. The molecule has 0 fully saturated rings. The Hall–Kier alpha value is -0.420. The highest BCUT2D eigenvalue weighted by Gasteiger charge is 2.30. The second kappa shape index (κ2) is 5.27. The van der Waals surface area contributed by atoms with E-state index in [4.69, 9.17) is 5.73 Å². The van der Waals surface area contributed by atoms with Crippen LogP contribution in [0.25, 0.3) is 0 Å². The van der Waals surface area contributed by atoms with Gasteiger partial charge in [0.05, 0.1) is 16.5 Å². The smallest absolute Gasteiger partial charge is 0.155 e. The van der Waals surface area contributed by atoms with E-state index in [1.807, 2.05) is 13.8 Å². The molecule has 4 nitrogen and oxygen atoms in total. The SMILES string of the molecule is CC(C)C(N)C(=O)CCS(=O)(=O)C(C)(C)C. The van der Waals surface area contributed by atoms with E-state index in [2.05, 4.69) is 0 Å². The standard InChI is InChI=1S/C11H23NO3S/c1-8(2)10(12)9(13)6-7-16(14,15)11(3,4)5/h8,10H,6-7,12H2,1-5H3. The molecule has 0 bridgehead atoms.